The van der Waals surface area contributed by atoms with Gasteiger partial charge in [0.2, 0.25) is 0 Å². The maximum atomic E-state index is 12.8. The molecule has 30 heavy (non-hydrogen) atoms. The van der Waals surface area contributed by atoms with E-state index >= 15 is 0 Å². The Kier molecular flexibility index (Phi) is 6.84. The Hall–Kier alpha value is -2.78. The fraction of sp³-hybridized carbons (Fsp3) is 0.429. The number of rotatable bonds is 7. The number of thiazole rings is 1. The zero-order valence-electron chi connectivity index (χ0n) is 17.8. The molecule has 0 unspecified atom stereocenters. The van der Waals surface area contributed by atoms with Crippen molar-refractivity contribution in [3.8, 4) is 0 Å². The lowest BCUT2D eigenvalue weighted by molar-refractivity contribution is 0.0600. The van der Waals surface area contributed by atoms with Gasteiger partial charge in [0.05, 0.1) is 29.5 Å². The van der Waals surface area contributed by atoms with Crippen molar-refractivity contribution in [2.24, 2.45) is 4.99 Å². The molecule has 0 saturated carbocycles. The molecule has 0 aliphatic rings. The lowest BCUT2D eigenvalue weighted by atomic mass is 10.2. The predicted molar refractivity (Wildman–Crippen MR) is 115 cm³/mol. The van der Waals surface area contributed by atoms with Crippen LogP contribution in [0.3, 0.4) is 0 Å². The van der Waals surface area contributed by atoms with Crippen LogP contribution < -0.4 is 4.80 Å². The Morgan fingerprint density at radius 2 is 2.03 bits per heavy atom. The van der Waals surface area contributed by atoms with Crippen molar-refractivity contribution >= 4 is 33.4 Å². The van der Waals surface area contributed by atoms with Gasteiger partial charge in [-0.25, -0.2) is 4.79 Å². The monoisotopic (exact) mass is 430 g/mol. The highest BCUT2D eigenvalue weighted by Crippen LogP contribution is 2.20. The average Bonchev–Trinajstić information content (AvgIpc) is 3.27. The zero-order valence-corrected chi connectivity index (χ0v) is 18.7. The van der Waals surface area contributed by atoms with Gasteiger partial charge in [0.15, 0.2) is 10.5 Å². The molecule has 3 rings (SSSR count). The van der Waals surface area contributed by atoms with Crippen LogP contribution in [0, 0.1) is 6.92 Å². The lowest BCUT2D eigenvalue weighted by Crippen LogP contribution is -2.20. The molecule has 3 aromatic rings. The van der Waals surface area contributed by atoms with Crippen LogP contribution in [0.4, 0.5) is 0 Å². The number of benzene rings is 1. The second-order valence-electron chi connectivity index (χ2n) is 7.03. The first-order chi connectivity index (χ1) is 14.3. The van der Waals surface area contributed by atoms with Gasteiger partial charge in [-0.05, 0) is 52.0 Å². The Morgan fingerprint density at radius 1 is 1.27 bits per heavy atom. The molecule has 0 fully saturated rings. The van der Waals surface area contributed by atoms with Crippen LogP contribution in [0.2, 0.25) is 0 Å². The first-order valence-electron chi connectivity index (χ1n) is 9.80. The molecule has 0 atom stereocenters. The average molecular weight is 431 g/mol. The van der Waals surface area contributed by atoms with Crippen molar-refractivity contribution in [1.29, 1.82) is 0 Å². The van der Waals surface area contributed by atoms with Gasteiger partial charge in [-0.3, -0.25) is 9.48 Å². The third-order valence-electron chi connectivity index (χ3n) is 4.60. The standard InChI is InChI=1S/C21H26N4O4S/c1-6-29-10-9-24-17-8-7-15(20(27)28-5)12-18(17)30-21(24)22-19(26)16-11-14(4)25(23-16)13(2)3/h7-8,11-13H,6,9-10H2,1-5H3. The number of esters is 1. The number of carbonyl (C=O) groups excluding carboxylic acids is 2. The zero-order chi connectivity index (χ0) is 21.8. The van der Waals surface area contributed by atoms with E-state index in [9.17, 15) is 9.59 Å². The van der Waals surface area contributed by atoms with Crippen molar-refractivity contribution in [3.05, 3.63) is 46.0 Å². The molecule has 0 spiro atoms. The SMILES string of the molecule is CCOCCn1c(=NC(=O)c2cc(C)n(C(C)C)n2)sc2cc(C(=O)OC)ccc21. The van der Waals surface area contributed by atoms with E-state index in [1.165, 1.54) is 18.4 Å². The highest BCUT2D eigenvalue weighted by Gasteiger charge is 2.16. The van der Waals surface area contributed by atoms with E-state index in [1.807, 2.05) is 38.3 Å². The van der Waals surface area contributed by atoms with Gasteiger partial charge in [0.25, 0.3) is 5.91 Å². The molecule has 0 N–H and O–H groups in total. The molecule has 0 saturated heterocycles. The number of methoxy groups -OCH3 is 1. The van der Waals surface area contributed by atoms with Gasteiger partial charge in [-0.1, -0.05) is 11.3 Å². The van der Waals surface area contributed by atoms with Gasteiger partial charge in [0.1, 0.15) is 0 Å². The molecule has 0 radical (unpaired) electrons. The lowest BCUT2D eigenvalue weighted by Gasteiger charge is -2.06. The van der Waals surface area contributed by atoms with Crippen LogP contribution in [0.5, 0.6) is 0 Å². The molecule has 160 valence electrons. The second kappa shape index (κ2) is 9.36. The van der Waals surface area contributed by atoms with Crippen molar-refractivity contribution in [1.82, 2.24) is 14.3 Å². The van der Waals surface area contributed by atoms with E-state index in [0.29, 0.717) is 35.8 Å². The fourth-order valence-corrected chi connectivity index (χ4v) is 4.27. The van der Waals surface area contributed by atoms with Crippen LogP contribution in [-0.4, -0.2) is 46.5 Å². The number of hydrogen-bond acceptors (Lipinski definition) is 6. The molecular weight excluding hydrogens is 404 g/mol. The topological polar surface area (TPSA) is 87.7 Å². The van der Waals surface area contributed by atoms with Gasteiger partial charge in [0, 0.05) is 24.9 Å². The van der Waals surface area contributed by atoms with Crippen molar-refractivity contribution < 1.29 is 19.1 Å². The summed E-state index contributed by atoms with van der Waals surface area (Å²) >= 11 is 1.34. The van der Waals surface area contributed by atoms with Crippen molar-refractivity contribution in [3.63, 3.8) is 0 Å². The van der Waals surface area contributed by atoms with Gasteiger partial charge in [-0.2, -0.15) is 10.1 Å². The molecule has 2 heterocycles. The molecule has 0 bridgehead atoms. The third-order valence-corrected chi connectivity index (χ3v) is 5.64. The maximum Gasteiger partial charge on any atom is 0.337 e. The largest absolute Gasteiger partial charge is 0.465 e. The Labute approximate surface area is 178 Å². The van der Waals surface area contributed by atoms with Crippen molar-refractivity contribution in [2.45, 2.75) is 40.3 Å². The maximum absolute atomic E-state index is 12.8. The first kappa shape index (κ1) is 21.9. The summed E-state index contributed by atoms with van der Waals surface area (Å²) in [6, 6.07) is 7.20. The van der Waals surface area contributed by atoms with Crippen LogP contribution in [-0.2, 0) is 16.0 Å². The normalized spacial score (nSPS) is 12.1. The minimum absolute atomic E-state index is 0.156. The summed E-state index contributed by atoms with van der Waals surface area (Å²) in [5, 5.41) is 4.40. The Bertz CT molecular complexity index is 1140. The number of carbonyl (C=O) groups is 2. The minimum Gasteiger partial charge on any atom is -0.465 e. The van der Waals surface area contributed by atoms with Crippen LogP contribution in [0.1, 0.15) is 53.4 Å². The van der Waals surface area contributed by atoms with E-state index in [0.717, 1.165) is 15.9 Å². The molecule has 2 aromatic heterocycles. The van der Waals surface area contributed by atoms with Crippen LogP contribution in [0.25, 0.3) is 10.2 Å². The summed E-state index contributed by atoms with van der Waals surface area (Å²) in [5.74, 6) is -0.808. The Balaban J connectivity index is 2.07. The number of amides is 1. The number of aromatic nitrogens is 3. The van der Waals surface area contributed by atoms with E-state index in [4.69, 9.17) is 9.47 Å². The van der Waals surface area contributed by atoms with Gasteiger partial charge in [-0.15, -0.1) is 0 Å². The van der Waals surface area contributed by atoms with E-state index in [1.54, 1.807) is 22.9 Å². The quantitative estimate of drug-likeness (QED) is 0.424. The first-order valence-corrected chi connectivity index (χ1v) is 10.6. The highest BCUT2D eigenvalue weighted by atomic mass is 32.1. The second-order valence-corrected chi connectivity index (χ2v) is 8.04. The number of hydrogen-bond donors (Lipinski definition) is 0. The summed E-state index contributed by atoms with van der Waals surface area (Å²) in [4.78, 5) is 29.6. The van der Waals surface area contributed by atoms with Gasteiger partial charge < -0.3 is 14.0 Å². The van der Waals surface area contributed by atoms with E-state index < -0.39 is 11.9 Å². The summed E-state index contributed by atoms with van der Waals surface area (Å²) < 4.78 is 14.9. The smallest absolute Gasteiger partial charge is 0.337 e. The summed E-state index contributed by atoms with van der Waals surface area (Å²) in [7, 11) is 1.35. The summed E-state index contributed by atoms with van der Waals surface area (Å²) in [6.45, 7) is 9.50. The predicted octanol–water partition coefficient (Wildman–Crippen LogP) is 3.35. The number of fused-ring (bicyclic) bond motifs is 1. The van der Waals surface area contributed by atoms with Crippen LogP contribution in [0.15, 0.2) is 29.3 Å². The molecular formula is C21H26N4O4S. The Morgan fingerprint density at radius 3 is 2.67 bits per heavy atom. The number of aryl methyl sites for hydroxylation is 1. The minimum atomic E-state index is -0.407. The fourth-order valence-electron chi connectivity index (χ4n) is 3.18. The molecule has 9 heteroatoms. The van der Waals surface area contributed by atoms with Crippen molar-refractivity contribution in [2.75, 3.05) is 20.3 Å². The molecule has 0 aliphatic carbocycles. The summed E-state index contributed by atoms with van der Waals surface area (Å²) in [5.41, 5.74) is 2.55. The number of ether oxygens (including phenoxy) is 2. The highest BCUT2D eigenvalue weighted by molar-refractivity contribution is 7.16. The van der Waals surface area contributed by atoms with E-state index in [2.05, 4.69) is 10.1 Å². The van der Waals surface area contributed by atoms with Crippen LogP contribution >= 0.6 is 11.3 Å². The third kappa shape index (κ3) is 4.52. The molecule has 0 aliphatic heterocycles. The number of nitrogens with zero attached hydrogens (tertiary/aromatic N) is 4. The molecule has 8 nitrogen and oxygen atoms in total. The van der Waals surface area contributed by atoms with Gasteiger partial charge >= 0.3 is 5.97 Å². The molecule has 1 amide bonds. The summed E-state index contributed by atoms with van der Waals surface area (Å²) in [6.07, 6.45) is 0. The van der Waals surface area contributed by atoms with E-state index in [-0.39, 0.29) is 6.04 Å². The molecule has 1 aromatic carbocycles.